The molecule has 2 fully saturated rings. The molecule has 126 valence electrons. The van der Waals surface area contributed by atoms with Crippen molar-refractivity contribution in [3.63, 3.8) is 0 Å². The molecular weight excluding hydrogens is 312 g/mol. The van der Waals surface area contributed by atoms with E-state index in [0.717, 1.165) is 36.8 Å². The van der Waals surface area contributed by atoms with Crippen LogP contribution in [0.2, 0.25) is 5.02 Å². The van der Waals surface area contributed by atoms with E-state index < -0.39 is 0 Å². The third-order valence-corrected chi connectivity index (χ3v) is 5.57. The van der Waals surface area contributed by atoms with Gasteiger partial charge >= 0.3 is 0 Å². The molecule has 1 amide bonds. The van der Waals surface area contributed by atoms with E-state index >= 15 is 0 Å². The van der Waals surface area contributed by atoms with Crippen molar-refractivity contribution >= 4 is 23.2 Å². The van der Waals surface area contributed by atoms with Gasteiger partial charge in [-0.25, -0.2) is 0 Å². The van der Waals surface area contributed by atoms with Crippen molar-refractivity contribution in [2.75, 3.05) is 5.32 Å². The van der Waals surface area contributed by atoms with Crippen LogP contribution in [0, 0.1) is 13.8 Å². The molecule has 0 spiro atoms. The number of piperidine rings is 1. The van der Waals surface area contributed by atoms with Crippen LogP contribution in [0.1, 0.15) is 43.7 Å². The fourth-order valence-electron chi connectivity index (χ4n) is 4.25. The molecule has 2 bridgehead atoms. The Labute approximate surface area is 142 Å². The molecule has 2 saturated heterocycles. The lowest BCUT2D eigenvalue weighted by Gasteiger charge is -2.40. The number of aryl methyl sites for hydroxylation is 2. The minimum absolute atomic E-state index is 0.0212. The van der Waals surface area contributed by atoms with E-state index in [1.54, 1.807) is 0 Å². The number of nitrogens with one attached hydrogen (secondary N) is 1. The Morgan fingerprint density at radius 3 is 2.48 bits per heavy atom. The summed E-state index contributed by atoms with van der Waals surface area (Å²) in [5, 5.41) is 13.5. The molecule has 3 rings (SSSR count). The second-order valence-corrected chi connectivity index (χ2v) is 7.47. The Bertz CT molecular complexity index is 582. The van der Waals surface area contributed by atoms with Gasteiger partial charge < -0.3 is 10.4 Å². The number of carbonyl (C=O) groups excluding carboxylic acids is 1. The Morgan fingerprint density at radius 1 is 1.30 bits per heavy atom. The number of anilines is 1. The molecule has 2 aliphatic heterocycles. The van der Waals surface area contributed by atoms with Crippen LogP contribution in [-0.4, -0.2) is 40.1 Å². The van der Waals surface area contributed by atoms with Gasteiger partial charge in [0.05, 0.1) is 22.9 Å². The van der Waals surface area contributed by atoms with Crippen LogP contribution in [0.15, 0.2) is 12.1 Å². The summed E-state index contributed by atoms with van der Waals surface area (Å²) in [5.74, 6) is -0.0212. The van der Waals surface area contributed by atoms with Crippen molar-refractivity contribution in [3.05, 3.63) is 28.3 Å². The van der Waals surface area contributed by atoms with Gasteiger partial charge in [-0.3, -0.25) is 9.69 Å². The second kappa shape index (κ2) is 6.42. The summed E-state index contributed by atoms with van der Waals surface area (Å²) in [4.78, 5) is 15.0. The molecule has 1 aromatic rings. The smallest absolute Gasteiger partial charge is 0.241 e. The Morgan fingerprint density at radius 2 is 1.91 bits per heavy atom. The van der Waals surface area contributed by atoms with Crippen LogP contribution in [0.5, 0.6) is 0 Å². The minimum Gasteiger partial charge on any atom is -0.393 e. The number of nitrogens with zero attached hydrogens (tertiary/aromatic N) is 1. The van der Waals surface area contributed by atoms with Crippen molar-refractivity contribution in [1.29, 1.82) is 0 Å². The zero-order chi connectivity index (χ0) is 16.7. The molecule has 3 atom stereocenters. The normalized spacial score (nSPS) is 28.7. The summed E-state index contributed by atoms with van der Waals surface area (Å²) < 4.78 is 0. The van der Waals surface area contributed by atoms with E-state index in [2.05, 4.69) is 10.2 Å². The van der Waals surface area contributed by atoms with Crippen molar-refractivity contribution in [1.82, 2.24) is 4.90 Å². The van der Waals surface area contributed by atoms with Crippen molar-refractivity contribution in [2.45, 2.75) is 70.7 Å². The highest BCUT2D eigenvalue weighted by Crippen LogP contribution is 2.37. The molecule has 0 radical (unpaired) electrons. The van der Waals surface area contributed by atoms with Gasteiger partial charge in [0.25, 0.3) is 0 Å². The molecule has 23 heavy (non-hydrogen) atoms. The van der Waals surface area contributed by atoms with Gasteiger partial charge in [-0.1, -0.05) is 17.7 Å². The average molecular weight is 337 g/mol. The number of halogens is 1. The first-order chi connectivity index (χ1) is 10.9. The van der Waals surface area contributed by atoms with Crippen LogP contribution in [0.3, 0.4) is 0 Å². The van der Waals surface area contributed by atoms with Crippen molar-refractivity contribution in [2.24, 2.45) is 0 Å². The number of benzene rings is 1. The van der Waals surface area contributed by atoms with E-state index in [-0.39, 0.29) is 18.1 Å². The molecule has 2 N–H and O–H groups in total. The highest BCUT2D eigenvalue weighted by atomic mass is 35.5. The monoisotopic (exact) mass is 336 g/mol. The zero-order valence-corrected chi connectivity index (χ0v) is 14.7. The van der Waals surface area contributed by atoms with E-state index in [4.69, 9.17) is 11.6 Å². The zero-order valence-electron chi connectivity index (χ0n) is 14.0. The Balaban J connectivity index is 1.74. The van der Waals surface area contributed by atoms with E-state index in [1.807, 2.05) is 32.9 Å². The first-order valence-electron chi connectivity index (χ1n) is 8.40. The quantitative estimate of drug-likeness (QED) is 0.890. The van der Waals surface area contributed by atoms with Gasteiger partial charge in [0, 0.05) is 12.1 Å². The Hall–Kier alpha value is -1.10. The standard InChI is InChI=1S/C18H25ClN2O2/c1-10-6-11(2)17(16(19)7-10)20-18(23)12(3)21-13-4-5-14(21)9-15(22)8-13/h6-7,12-15,22H,4-5,8-9H2,1-3H3,(H,20,23)/t12-,13-,14-/m0/s1. The fourth-order valence-corrected chi connectivity index (χ4v) is 4.62. The maximum absolute atomic E-state index is 12.7. The molecule has 2 heterocycles. The second-order valence-electron chi connectivity index (χ2n) is 7.06. The predicted octanol–water partition coefficient (Wildman–Crippen LogP) is 3.27. The molecule has 0 unspecified atom stereocenters. The first-order valence-corrected chi connectivity index (χ1v) is 8.77. The van der Waals surface area contributed by atoms with Gasteiger partial charge in [-0.05, 0) is 63.6 Å². The highest BCUT2D eigenvalue weighted by molar-refractivity contribution is 6.34. The largest absolute Gasteiger partial charge is 0.393 e. The van der Waals surface area contributed by atoms with E-state index in [1.165, 1.54) is 0 Å². The topological polar surface area (TPSA) is 52.6 Å². The summed E-state index contributed by atoms with van der Waals surface area (Å²) in [6.45, 7) is 5.90. The SMILES string of the molecule is Cc1cc(C)c(NC(=O)[C@H](C)N2[C@H]3CC[C@H]2CC(O)C3)c(Cl)c1. The lowest BCUT2D eigenvalue weighted by molar-refractivity contribution is -0.123. The van der Waals surface area contributed by atoms with Crippen LogP contribution >= 0.6 is 11.6 Å². The number of rotatable bonds is 3. The van der Waals surface area contributed by atoms with Crippen LogP contribution in [0.4, 0.5) is 5.69 Å². The number of fused-ring (bicyclic) bond motifs is 2. The number of hydrogen-bond donors (Lipinski definition) is 2. The number of aliphatic hydroxyl groups excluding tert-OH is 1. The van der Waals surface area contributed by atoms with Crippen LogP contribution < -0.4 is 5.32 Å². The number of carbonyl (C=O) groups is 1. The lowest BCUT2D eigenvalue weighted by Crippen LogP contribution is -2.53. The van der Waals surface area contributed by atoms with Gasteiger partial charge in [-0.2, -0.15) is 0 Å². The maximum Gasteiger partial charge on any atom is 0.241 e. The molecule has 0 aliphatic carbocycles. The van der Waals surface area contributed by atoms with Gasteiger partial charge in [0.2, 0.25) is 5.91 Å². The van der Waals surface area contributed by atoms with Crippen molar-refractivity contribution < 1.29 is 9.90 Å². The summed E-state index contributed by atoms with van der Waals surface area (Å²) in [5.41, 5.74) is 2.77. The average Bonchev–Trinajstić information content (AvgIpc) is 2.73. The predicted molar refractivity (Wildman–Crippen MR) is 92.9 cm³/mol. The molecule has 1 aromatic carbocycles. The summed E-state index contributed by atoms with van der Waals surface area (Å²) in [6.07, 6.45) is 3.48. The molecular formula is C18H25ClN2O2. The third-order valence-electron chi connectivity index (χ3n) is 5.27. The minimum atomic E-state index is -0.215. The Kier molecular flexibility index (Phi) is 4.68. The third kappa shape index (κ3) is 3.25. The summed E-state index contributed by atoms with van der Waals surface area (Å²) in [6, 6.07) is 4.32. The first kappa shape index (κ1) is 16.7. The molecule has 0 saturated carbocycles. The van der Waals surface area contributed by atoms with Crippen molar-refractivity contribution in [3.8, 4) is 0 Å². The van der Waals surface area contributed by atoms with E-state index in [9.17, 15) is 9.90 Å². The van der Waals surface area contributed by atoms with Gasteiger partial charge in [0.15, 0.2) is 0 Å². The molecule has 0 aromatic heterocycles. The molecule has 2 aliphatic rings. The van der Waals surface area contributed by atoms with Gasteiger partial charge in [-0.15, -0.1) is 0 Å². The number of hydrogen-bond acceptors (Lipinski definition) is 3. The number of amides is 1. The van der Waals surface area contributed by atoms with Gasteiger partial charge in [0.1, 0.15) is 0 Å². The molecule has 5 heteroatoms. The summed E-state index contributed by atoms with van der Waals surface area (Å²) in [7, 11) is 0. The van der Waals surface area contributed by atoms with Crippen LogP contribution in [0.25, 0.3) is 0 Å². The fraction of sp³-hybridized carbons (Fsp3) is 0.611. The highest BCUT2D eigenvalue weighted by Gasteiger charge is 2.44. The van der Waals surface area contributed by atoms with Crippen LogP contribution in [-0.2, 0) is 4.79 Å². The molecule has 4 nitrogen and oxygen atoms in total. The maximum atomic E-state index is 12.7. The lowest BCUT2D eigenvalue weighted by atomic mass is 9.97. The van der Waals surface area contributed by atoms with E-state index in [0.29, 0.717) is 22.8 Å². The number of aliphatic hydroxyl groups is 1. The summed E-state index contributed by atoms with van der Waals surface area (Å²) >= 11 is 6.30.